The van der Waals surface area contributed by atoms with Crippen molar-refractivity contribution in [1.29, 1.82) is 0 Å². The highest BCUT2D eigenvalue weighted by Crippen LogP contribution is 2.30. The Morgan fingerprint density at radius 2 is 1.57 bits per heavy atom. The molecule has 1 aromatic carbocycles. The van der Waals surface area contributed by atoms with Crippen LogP contribution < -0.4 is 5.69 Å². The van der Waals surface area contributed by atoms with Crippen LogP contribution in [-0.2, 0) is 20.5 Å². The Bertz CT molecular complexity index is 987. The lowest BCUT2D eigenvalue weighted by Crippen LogP contribution is -2.19. The summed E-state index contributed by atoms with van der Waals surface area (Å²) in [5.41, 5.74) is 4.65. The number of aryl methyl sites for hydroxylation is 3. The van der Waals surface area contributed by atoms with Gasteiger partial charge < -0.3 is 4.98 Å². The molecule has 0 saturated heterocycles. The molecule has 0 fully saturated rings. The first-order chi connectivity index (χ1) is 11.1. The number of carbonyl (C=O) groups excluding carboxylic acids is 1. The molecule has 0 aliphatic heterocycles. The van der Waals surface area contributed by atoms with Gasteiger partial charge in [-0.15, -0.1) is 0 Å². The second-order valence-electron chi connectivity index (χ2n) is 6.60. The number of benzene rings is 1. The molecule has 23 heavy (non-hydrogen) atoms. The average molecular weight is 311 g/mol. The van der Waals surface area contributed by atoms with Crippen LogP contribution in [0.4, 0.5) is 0 Å². The second-order valence-corrected chi connectivity index (χ2v) is 6.60. The van der Waals surface area contributed by atoms with E-state index in [1.54, 1.807) is 23.2 Å². The van der Waals surface area contributed by atoms with E-state index < -0.39 is 0 Å². The van der Waals surface area contributed by atoms with Crippen LogP contribution >= 0.6 is 0 Å². The maximum absolute atomic E-state index is 12.5. The van der Waals surface area contributed by atoms with Crippen molar-refractivity contribution in [2.45, 2.75) is 38.5 Å². The molecule has 0 saturated carbocycles. The first-order valence-electron chi connectivity index (χ1n) is 8.31. The van der Waals surface area contributed by atoms with E-state index in [9.17, 15) is 9.59 Å². The first kappa shape index (κ1) is 14.3. The largest absolute Gasteiger partial charge is 0.352 e. The van der Waals surface area contributed by atoms with Crippen LogP contribution in [0.15, 0.2) is 16.9 Å². The van der Waals surface area contributed by atoms with Gasteiger partial charge in [-0.1, -0.05) is 12.8 Å². The molecule has 0 radical (unpaired) electrons. The highest BCUT2D eigenvalue weighted by molar-refractivity contribution is 6.05. The first-order valence-corrected chi connectivity index (χ1v) is 8.31. The molecular weight excluding hydrogens is 290 g/mol. The minimum Gasteiger partial charge on any atom is -0.352 e. The normalized spacial score (nSPS) is 16.3. The predicted molar refractivity (Wildman–Crippen MR) is 91.1 cm³/mol. The van der Waals surface area contributed by atoms with Gasteiger partial charge in [-0.25, -0.2) is 4.79 Å². The van der Waals surface area contributed by atoms with E-state index in [0.29, 0.717) is 6.42 Å². The van der Waals surface area contributed by atoms with Gasteiger partial charge in [0.05, 0.1) is 16.7 Å². The van der Waals surface area contributed by atoms with Crippen molar-refractivity contribution in [3.63, 3.8) is 0 Å². The number of rotatable bonds is 0. The number of nitrogens with one attached hydrogen (secondary N) is 1. The number of H-pyrrole nitrogens is 1. The van der Waals surface area contributed by atoms with Gasteiger partial charge in [0, 0.05) is 31.4 Å². The van der Waals surface area contributed by atoms with E-state index in [2.05, 4.69) is 11.1 Å². The lowest BCUT2D eigenvalue weighted by Gasteiger charge is -2.02. The number of nitrogens with zero attached hydrogens (tertiary/aromatic N) is 2. The highest BCUT2D eigenvalue weighted by Gasteiger charge is 2.20. The van der Waals surface area contributed by atoms with Crippen LogP contribution in [0.3, 0.4) is 0 Å². The second kappa shape index (κ2) is 5.11. The zero-order chi connectivity index (χ0) is 16.1. The smallest absolute Gasteiger partial charge is 0.328 e. The zero-order valence-corrected chi connectivity index (χ0v) is 13.6. The molecule has 5 heteroatoms. The maximum Gasteiger partial charge on any atom is 0.328 e. The summed E-state index contributed by atoms with van der Waals surface area (Å²) in [4.78, 5) is 28.0. The van der Waals surface area contributed by atoms with E-state index in [-0.39, 0.29) is 11.5 Å². The number of hydrogen-bond donors (Lipinski definition) is 1. The van der Waals surface area contributed by atoms with Crippen molar-refractivity contribution in [2.75, 3.05) is 0 Å². The molecule has 120 valence electrons. The summed E-state index contributed by atoms with van der Waals surface area (Å²) in [7, 11) is 3.58. The predicted octanol–water partition coefficient (Wildman–Crippen LogP) is 3.05. The highest BCUT2D eigenvalue weighted by atomic mass is 16.1. The molecule has 2 heterocycles. The molecule has 0 unspecified atom stereocenters. The zero-order valence-electron chi connectivity index (χ0n) is 13.6. The Morgan fingerprint density at radius 3 is 2.30 bits per heavy atom. The molecule has 0 bridgehead atoms. The molecule has 5 nitrogen and oxygen atoms in total. The molecular formula is C18H21N3O2. The van der Waals surface area contributed by atoms with Crippen LogP contribution in [0, 0.1) is 0 Å². The standard InChI is InChI=1S/C18H21N3O2/c1-20-14-9-12-11-7-5-3-4-6-8-16(22)17(11)19-13(12)10-15(14)21(2)18(20)23/h9-10,19H,3-8H2,1-2H3. The van der Waals surface area contributed by atoms with Crippen LogP contribution in [0.1, 0.15) is 48.2 Å². The summed E-state index contributed by atoms with van der Waals surface area (Å²) in [5, 5.41) is 1.09. The molecule has 1 N–H and O–H groups in total. The number of hydrogen-bond acceptors (Lipinski definition) is 2. The molecule has 4 rings (SSSR count). The van der Waals surface area contributed by atoms with Crippen LogP contribution in [-0.4, -0.2) is 19.9 Å². The van der Waals surface area contributed by atoms with Gasteiger partial charge >= 0.3 is 5.69 Å². The van der Waals surface area contributed by atoms with Crippen LogP contribution in [0.2, 0.25) is 0 Å². The number of imidazole rings is 1. The average Bonchev–Trinajstić information content (AvgIpc) is 3.02. The molecule has 2 aromatic heterocycles. The third-order valence-electron chi connectivity index (χ3n) is 5.16. The van der Waals surface area contributed by atoms with Crippen molar-refractivity contribution in [2.24, 2.45) is 14.1 Å². The summed E-state index contributed by atoms with van der Waals surface area (Å²) in [5.74, 6) is 0.219. The maximum atomic E-state index is 12.5. The Labute approximate surface area is 133 Å². The van der Waals surface area contributed by atoms with Gasteiger partial charge in [0.1, 0.15) is 0 Å². The summed E-state index contributed by atoms with van der Waals surface area (Å²) in [6.45, 7) is 0. The minimum atomic E-state index is -0.0246. The van der Waals surface area contributed by atoms with E-state index in [1.165, 1.54) is 6.42 Å². The monoisotopic (exact) mass is 311 g/mol. The van der Waals surface area contributed by atoms with Gasteiger partial charge in [0.15, 0.2) is 5.78 Å². The Hall–Kier alpha value is -2.30. The molecule has 0 spiro atoms. The van der Waals surface area contributed by atoms with Crippen LogP contribution in [0.25, 0.3) is 21.9 Å². The fraction of sp³-hybridized carbons (Fsp3) is 0.444. The number of Topliss-reactive ketones (excluding diaryl/α,β-unsaturated/α-hetero) is 1. The van der Waals surface area contributed by atoms with Crippen molar-refractivity contribution in [3.05, 3.63) is 33.9 Å². The van der Waals surface area contributed by atoms with E-state index in [1.807, 2.05) is 6.07 Å². The van der Waals surface area contributed by atoms with E-state index >= 15 is 0 Å². The van der Waals surface area contributed by atoms with Crippen LogP contribution in [0.5, 0.6) is 0 Å². The van der Waals surface area contributed by atoms with Crippen molar-refractivity contribution in [3.8, 4) is 0 Å². The quantitative estimate of drug-likeness (QED) is 0.693. The lowest BCUT2D eigenvalue weighted by molar-refractivity contribution is 0.0975. The van der Waals surface area contributed by atoms with Gasteiger partial charge in [-0.2, -0.15) is 0 Å². The number of ketones is 1. The van der Waals surface area contributed by atoms with Gasteiger partial charge in [0.25, 0.3) is 0 Å². The fourth-order valence-electron chi connectivity index (χ4n) is 3.81. The summed E-state index contributed by atoms with van der Waals surface area (Å²) in [6, 6.07) is 4.06. The molecule has 0 amide bonds. The topological polar surface area (TPSA) is 59.8 Å². The lowest BCUT2D eigenvalue weighted by atomic mass is 10.0. The molecule has 3 aromatic rings. The van der Waals surface area contributed by atoms with E-state index in [4.69, 9.17) is 0 Å². The van der Waals surface area contributed by atoms with Crippen molar-refractivity contribution in [1.82, 2.24) is 14.1 Å². The third-order valence-corrected chi connectivity index (χ3v) is 5.16. The fourth-order valence-corrected chi connectivity index (χ4v) is 3.81. The molecule has 1 aliphatic rings. The van der Waals surface area contributed by atoms with E-state index in [0.717, 1.165) is 58.9 Å². The minimum absolute atomic E-state index is 0.0246. The SMILES string of the molecule is Cn1c(=O)n(C)c2cc3c4c([nH]c3cc21)C(=O)CCCCCC4. The summed E-state index contributed by atoms with van der Waals surface area (Å²) >= 11 is 0. The number of fused-ring (bicyclic) bond motifs is 4. The molecule has 0 atom stereocenters. The van der Waals surface area contributed by atoms with Gasteiger partial charge in [-0.05, 0) is 37.0 Å². The van der Waals surface area contributed by atoms with Gasteiger partial charge in [-0.3, -0.25) is 13.9 Å². The number of aromatic amines is 1. The Kier molecular flexibility index (Phi) is 3.18. The number of carbonyl (C=O) groups is 1. The van der Waals surface area contributed by atoms with Gasteiger partial charge in [0.2, 0.25) is 0 Å². The Morgan fingerprint density at radius 1 is 0.913 bits per heavy atom. The summed E-state index contributed by atoms with van der Waals surface area (Å²) < 4.78 is 3.32. The Balaban J connectivity index is 2.03. The molecule has 1 aliphatic carbocycles. The third kappa shape index (κ3) is 2.06. The number of aromatic nitrogens is 3. The van der Waals surface area contributed by atoms with Crippen molar-refractivity contribution >= 4 is 27.7 Å². The summed E-state index contributed by atoms with van der Waals surface area (Å²) in [6.07, 6.45) is 5.94. The van der Waals surface area contributed by atoms with Crippen molar-refractivity contribution < 1.29 is 4.79 Å².